The molecule has 0 N–H and O–H groups in total. The van der Waals surface area contributed by atoms with Gasteiger partial charge in [0.2, 0.25) is 0 Å². The molecule has 3 fully saturated rings. The molecule has 3 heteroatoms. The predicted molar refractivity (Wildman–Crippen MR) is 74.7 cm³/mol. The normalized spacial score (nSPS) is 53.4. The molecular weight excluding hydrogens is 261 g/mol. The highest BCUT2D eigenvalue weighted by molar-refractivity contribution is 4.95. The van der Waals surface area contributed by atoms with Crippen LogP contribution in [0.25, 0.3) is 0 Å². The van der Waals surface area contributed by atoms with Gasteiger partial charge in [-0.25, -0.2) is 13.2 Å². The highest BCUT2D eigenvalue weighted by atomic mass is 19.2. The summed E-state index contributed by atoms with van der Waals surface area (Å²) in [5.74, 6) is 1.55. The van der Waals surface area contributed by atoms with E-state index in [2.05, 4.69) is 6.92 Å². The minimum atomic E-state index is -1.36. The molecule has 0 radical (unpaired) electrons. The minimum absolute atomic E-state index is 0.00425. The Morgan fingerprint density at radius 1 is 0.650 bits per heavy atom. The summed E-state index contributed by atoms with van der Waals surface area (Å²) >= 11 is 0. The van der Waals surface area contributed by atoms with Crippen molar-refractivity contribution in [1.29, 1.82) is 0 Å². The average molecular weight is 288 g/mol. The van der Waals surface area contributed by atoms with Crippen molar-refractivity contribution < 1.29 is 13.2 Å². The van der Waals surface area contributed by atoms with Gasteiger partial charge in [0.1, 0.15) is 18.5 Å². The smallest absolute Gasteiger partial charge is 0.131 e. The molecule has 0 aliphatic heterocycles. The van der Waals surface area contributed by atoms with Gasteiger partial charge in [0.15, 0.2) is 0 Å². The van der Waals surface area contributed by atoms with Crippen molar-refractivity contribution in [3.63, 3.8) is 0 Å². The van der Waals surface area contributed by atoms with Gasteiger partial charge in [-0.1, -0.05) is 13.3 Å². The molecule has 3 aliphatic rings. The maximum absolute atomic E-state index is 14.9. The van der Waals surface area contributed by atoms with Crippen molar-refractivity contribution in [2.75, 3.05) is 0 Å². The van der Waals surface area contributed by atoms with E-state index in [1.165, 1.54) is 6.42 Å². The summed E-state index contributed by atoms with van der Waals surface area (Å²) in [5.41, 5.74) is 0. The molecule has 0 aromatic heterocycles. The average Bonchev–Trinajstić information content (AvgIpc) is 2.42. The van der Waals surface area contributed by atoms with Crippen molar-refractivity contribution in [3.8, 4) is 0 Å². The minimum Gasteiger partial charge on any atom is -0.247 e. The lowest BCUT2D eigenvalue weighted by molar-refractivity contribution is -0.0326. The molecule has 8 unspecified atom stereocenters. The molecule has 8 atom stereocenters. The second-order valence-electron chi connectivity index (χ2n) is 7.63. The van der Waals surface area contributed by atoms with Crippen LogP contribution in [0.5, 0.6) is 0 Å². The quantitative estimate of drug-likeness (QED) is 0.617. The number of rotatable bonds is 1. The Bertz CT molecular complexity index is 332. The predicted octanol–water partition coefficient (Wildman–Crippen LogP) is 5.26. The van der Waals surface area contributed by atoms with Crippen molar-refractivity contribution in [2.24, 2.45) is 29.6 Å². The number of halogens is 3. The summed E-state index contributed by atoms with van der Waals surface area (Å²) in [6, 6.07) is 0. The molecule has 116 valence electrons. The van der Waals surface area contributed by atoms with Gasteiger partial charge in [-0.3, -0.25) is 0 Å². The third-order valence-corrected chi connectivity index (χ3v) is 6.33. The molecule has 0 nitrogen and oxygen atoms in total. The summed E-state index contributed by atoms with van der Waals surface area (Å²) in [5, 5.41) is 0. The van der Waals surface area contributed by atoms with Crippen LogP contribution in [0.1, 0.15) is 58.3 Å². The standard InChI is InChI=1S/C17H27F3/c1-10-2-5-13-11(8-10)3-6-14(17(13)20)12-4-7-15(18)16(19)9-12/h10-17H,2-9H2,1H3. The Morgan fingerprint density at radius 2 is 1.25 bits per heavy atom. The Labute approximate surface area is 120 Å². The monoisotopic (exact) mass is 288 g/mol. The van der Waals surface area contributed by atoms with Crippen LogP contribution in [0.4, 0.5) is 13.2 Å². The van der Waals surface area contributed by atoms with E-state index in [-0.39, 0.29) is 24.2 Å². The lowest BCUT2D eigenvalue weighted by Gasteiger charge is -2.47. The molecule has 3 aliphatic carbocycles. The number of fused-ring (bicyclic) bond motifs is 1. The van der Waals surface area contributed by atoms with Crippen LogP contribution in [0, 0.1) is 29.6 Å². The highest BCUT2D eigenvalue weighted by Gasteiger charge is 2.46. The first-order valence-electron chi connectivity index (χ1n) is 8.48. The SMILES string of the molecule is CC1CCC2C(CCC(C3CCC(F)C(F)C3)C2F)C1. The van der Waals surface area contributed by atoms with E-state index in [1.807, 2.05) is 0 Å². The van der Waals surface area contributed by atoms with E-state index in [0.29, 0.717) is 18.8 Å². The fourth-order valence-electron chi connectivity index (χ4n) is 5.15. The number of hydrogen-bond acceptors (Lipinski definition) is 0. The van der Waals surface area contributed by atoms with Gasteiger partial charge >= 0.3 is 0 Å². The molecule has 3 rings (SSSR count). The van der Waals surface area contributed by atoms with Crippen LogP contribution in [0.15, 0.2) is 0 Å². The Balaban J connectivity index is 1.64. The van der Waals surface area contributed by atoms with Crippen LogP contribution in [-0.4, -0.2) is 18.5 Å². The molecule has 0 amide bonds. The molecule has 0 bridgehead atoms. The van der Waals surface area contributed by atoms with Gasteiger partial charge in [0.05, 0.1) is 0 Å². The maximum atomic E-state index is 14.9. The lowest BCUT2D eigenvalue weighted by atomic mass is 9.60. The topological polar surface area (TPSA) is 0 Å². The van der Waals surface area contributed by atoms with Gasteiger partial charge in [-0.05, 0) is 74.5 Å². The zero-order valence-electron chi connectivity index (χ0n) is 12.4. The highest BCUT2D eigenvalue weighted by Crippen LogP contribution is 2.50. The number of hydrogen-bond donors (Lipinski definition) is 0. The first kappa shape index (κ1) is 14.7. The van der Waals surface area contributed by atoms with Crippen LogP contribution in [0.2, 0.25) is 0 Å². The van der Waals surface area contributed by atoms with Crippen molar-refractivity contribution in [2.45, 2.75) is 76.8 Å². The van der Waals surface area contributed by atoms with E-state index < -0.39 is 18.5 Å². The zero-order chi connectivity index (χ0) is 14.3. The van der Waals surface area contributed by atoms with Crippen molar-refractivity contribution >= 4 is 0 Å². The Kier molecular flexibility index (Phi) is 4.33. The second-order valence-corrected chi connectivity index (χ2v) is 7.63. The fraction of sp³-hybridized carbons (Fsp3) is 1.00. The first-order chi connectivity index (χ1) is 9.56. The third-order valence-electron chi connectivity index (χ3n) is 6.33. The van der Waals surface area contributed by atoms with Gasteiger partial charge in [-0.15, -0.1) is 0 Å². The zero-order valence-corrected chi connectivity index (χ0v) is 12.4. The van der Waals surface area contributed by atoms with E-state index in [1.54, 1.807) is 0 Å². The van der Waals surface area contributed by atoms with E-state index in [9.17, 15) is 13.2 Å². The largest absolute Gasteiger partial charge is 0.247 e. The molecule has 0 heterocycles. The maximum Gasteiger partial charge on any atom is 0.131 e. The van der Waals surface area contributed by atoms with E-state index in [4.69, 9.17) is 0 Å². The summed E-state index contributed by atoms with van der Waals surface area (Å²) in [7, 11) is 0. The van der Waals surface area contributed by atoms with Crippen molar-refractivity contribution in [3.05, 3.63) is 0 Å². The molecule has 0 saturated heterocycles. The van der Waals surface area contributed by atoms with E-state index in [0.717, 1.165) is 31.6 Å². The molecular formula is C17H27F3. The molecule has 20 heavy (non-hydrogen) atoms. The van der Waals surface area contributed by atoms with Gasteiger partial charge < -0.3 is 0 Å². The summed E-state index contributed by atoms with van der Waals surface area (Å²) in [6.45, 7) is 2.27. The first-order valence-corrected chi connectivity index (χ1v) is 8.48. The fourth-order valence-corrected chi connectivity index (χ4v) is 5.15. The summed E-state index contributed by atoms with van der Waals surface area (Å²) < 4.78 is 41.8. The molecule has 3 saturated carbocycles. The van der Waals surface area contributed by atoms with Crippen LogP contribution in [-0.2, 0) is 0 Å². The van der Waals surface area contributed by atoms with Crippen molar-refractivity contribution in [1.82, 2.24) is 0 Å². The van der Waals surface area contributed by atoms with Crippen LogP contribution in [0.3, 0.4) is 0 Å². The van der Waals surface area contributed by atoms with Crippen LogP contribution < -0.4 is 0 Å². The molecule has 0 spiro atoms. The van der Waals surface area contributed by atoms with E-state index >= 15 is 0 Å². The second kappa shape index (κ2) is 5.88. The van der Waals surface area contributed by atoms with Gasteiger partial charge in [-0.2, -0.15) is 0 Å². The summed E-state index contributed by atoms with van der Waals surface area (Å²) in [6.07, 6.45) is 3.09. The van der Waals surface area contributed by atoms with Crippen LogP contribution >= 0.6 is 0 Å². The third kappa shape index (κ3) is 2.74. The Morgan fingerprint density at radius 3 is 1.95 bits per heavy atom. The number of alkyl halides is 3. The summed E-state index contributed by atoms with van der Waals surface area (Å²) in [4.78, 5) is 0. The molecule has 0 aromatic rings. The van der Waals surface area contributed by atoms with Gasteiger partial charge in [0, 0.05) is 0 Å². The Hall–Kier alpha value is -0.210. The molecule has 0 aromatic carbocycles. The lowest BCUT2D eigenvalue weighted by Crippen LogP contribution is -2.44. The van der Waals surface area contributed by atoms with Gasteiger partial charge in [0.25, 0.3) is 0 Å².